The van der Waals surface area contributed by atoms with E-state index in [1.165, 1.54) is 16.2 Å². The van der Waals surface area contributed by atoms with Crippen LogP contribution in [0.25, 0.3) is 10.2 Å². The molecule has 0 radical (unpaired) electrons. The van der Waals surface area contributed by atoms with E-state index in [1.807, 2.05) is 48.5 Å². The van der Waals surface area contributed by atoms with Gasteiger partial charge >= 0.3 is 0 Å². The van der Waals surface area contributed by atoms with Gasteiger partial charge in [-0.1, -0.05) is 47.2 Å². The van der Waals surface area contributed by atoms with Crippen LogP contribution in [0.3, 0.4) is 0 Å². The molecule has 4 nitrogen and oxygen atoms in total. The first-order valence-corrected chi connectivity index (χ1v) is 11.8. The van der Waals surface area contributed by atoms with Gasteiger partial charge in [-0.05, 0) is 54.1 Å². The zero-order chi connectivity index (χ0) is 20.8. The lowest BCUT2D eigenvalue weighted by molar-refractivity contribution is -0.118. The maximum atomic E-state index is 13.1. The Bertz CT molecular complexity index is 1120. The molecule has 1 amide bonds. The van der Waals surface area contributed by atoms with Crippen LogP contribution in [-0.4, -0.2) is 21.6 Å². The molecule has 152 valence electrons. The van der Waals surface area contributed by atoms with E-state index in [0.717, 1.165) is 28.0 Å². The number of amides is 1. The highest BCUT2D eigenvalue weighted by Crippen LogP contribution is 2.32. The molecule has 0 aliphatic carbocycles. The summed E-state index contributed by atoms with van der Waals surface area (Å²) in [5, 5.41) is 1.36. The zero-order valence-corrected chi connectivity index (χ0v) is 18.6. The summed E-state index contributed by atoms with van der Waals surface area (Å²) in [6, 6.07) is 19.7. The molecule has 0 atom stereocenters. The van der Waals surface area contributed by atoms with Crippen molar-refractivity contribution in [3.8, 4) is 0 Å². The Kier molecular flexibility index (Phi) is 7.00. The van der Waals surface area contributed by atoms with Crippen LogP contribution in [-0.2, 0) is 11.3 Å². The minimum Gasteiger partial charge on any atom is -0.284 e. The number of carbonyl (C=O) groups excluding carboxylic acids is 1. The number of pyridine rings is 1. The summed E-state index contributed by atoms with van der Waals surface area (Å²) >= 11 is 9.38. The molecule has 0 bridgehead atoms. The van der Waals surface area contributed by atoms with Crippen LogP contribution in [0.2, 0.25) is 5.02 Å². The number of anilines is 1. The molecule has 30 heavy (non-hydrogen) atoms. The second-order valence-electron chi connectivity index (χ2n) is 6.71. The van der Waals surface area contributed by atoms with E-state index < -0.39 is 0 Å². The average molecular weight is 454 g/mol. The van der Waals surface area contributed by atoms with Crippen LogP contribution in [0, 0.1) is 0 Å². The van der Waals surface area contributed by atoms with Crippen molar-refractivity contribution in [2.75, 3.05) is 10.7 Å². The van der Waals surface area contributed by atoms with Gasteiger partial charge in [0.1, 0.15) is 0 Å². The Labute approximate surface area is 188 Å². The SMILES string of the molecule is O=C(CCCSc1ccccc1)N(Cc1cccnc1)c1nc2ccc(Cl)cc2s1. The molecule has 0 aliphatic rings. The number of hydrogen-bond acceptors (Lipinski definition) is 5. The van der Waals surface area contributed by atoms with E-state index in [4.69, 9.17) is 11.6 Å². The van der Waals surface area contributed by atoms with E-state index in [9.17, 15) is 4.79 Å². The first-order chi connectivity index (χ1) is 14.7. The molecule has 0 fully saturated rings. The lowest BCUT2D eigenvalue weighted by atomic mass is 10.2. The molecule has 2 aromatic carbocycles. The van der Waals surface area contributed by atoms with Gasteiger partial charge in [0.05, 0.1) is 16.8 Å². The smallest absolute Gasteiger partial charge is 0.229 e. The second kappa shape index (κ2) is 10.1. The van der Waals surface area contributed by atoms with E-state index >= 15 is 0 Å². The summed E-state index contributed by atoms with van der Waals surface area (Å²) in [5.74, 6) is 0.962. The molecule has 2 aromatic heterocycles. The highest BCUT2D eigenvalue weighted by Gasteiger charge is 2.20. The lowest BCUT2D eigenvalue weighted by Gasteiger charge is -2.20. The van der Waals surface area contributed by atoms with Crippen molar-refractivity contribution in [1.29, 1.82) is 0 Å². The molecule has 0 unspecified atom stereocenters. The Morgan fingerprint density at radius 1 is 1.10 bits per heavy atom. The van der Waals surface area contributed by atoms with Gasteiger partial charge in [0.2, 0.25) is 5.91 Å². The third-order valence-electron chi connectivity index (χ3n) is 4.48. The van der Waals surface area contributed by atoms with E-state index in [0.29, 0.717) is 23.1 Å². The van der Waals surface area contributed by atoms with Crippen molar-refractivity contribution in [1.82, 2.24) is 9.97 Å². The van der Waals surface area contributed by atoms with Crippen LogP contribution in [0.1, 0.15) is 18.4 Å². The highest BCUT2D eigenvalue weighted by molar-refractivity contribution is 7.99. The second-order valence-corrected chi connectivity index (χ2v) is 9.33. The maximum Gasteiger partial charge on any atom is 0.229 e. The summed E-state index contributed by atoms with van der Waals surface area (Å²) < 4.78 is 0.973. The highest BCUT2D eigenvalue weighted by atomic mass is 35.5. The van der Waals surface area contributed by atoms with Crippen molar-refractivity contribution in [3.63, 3.8) is 0 Å². The molecule has 0 spiro atoms. The molecular formula is C23H20ClN3OS2. The number of hydrogen-bond donors (Lipinski definition) is 0. The zero-order valence-electron chi connectivity index (χ0n) is 16.2. The molecule has 0 N–H and O–H groups in total. The minimum absolute atomic E-state index is 0.0673. The Morgan fingerprint density at radius 3 is 2.77 bits per heavy atom. The summed E-state index contributed by atoms with van der Waals surface area (Å²) in [7, 11) is 0. The van der Waals surface area contributed by atoms with Gasteiger partial charge in [-0.3, -0.25) is 14.7 Å². The molecule has 0 saturated carbocycles. The third-order valence-corrected chi connectivity index (χ3v) is 6.86. The van der Waals surface area contributed by atoms with Gasteiger partial charge in [0.15, 0.2) is 5.13 Å². The number of thiazole rings is 1. The Morgan fingerprint density at radius 2 is 1.97 bits per heavy atom. The van der Waals surface area contributed by atoms with Crippen molar-refractivity contribution < 1.29 is 4.79 Å². The van der Waals surface area contributed by atoms with Crippen molar-refractivity contribution in [3.05, 3.63) is 83.6 Å². The number of halogens is 1. The van der Waals surface area contributed by atoms with Gasteiger partial charge in [-0.25, -0.2) is 4.98 Å². The van der Waals surface area contributed by atoms with Crippen molar-refractivity contribution in [2.24, 2.45) is 0 Å². The van der Waals surface area contributed by atoms with Crippen molar-refractivity contribution >= 4 is 56.0 Å². The molecule has 7 heteroatoms. The fourth-order valence-corrected chi connectivity index (χ4v) is 5.14. The fraction of sp³-hybridized carbons (Fsp3) is 0.174. The summed E-state index contributed by atoms with van der Waals surface area (Å²) in [6.07, 6.45) is 4.79. The lowest BCUT2D eigenvalue weighted by Crippen LogP contribution is -2.30. The first-order valence-electron chi connectivity index (χ1n) is 9.62. The number of nitrogens with zero attached hydrogens (tertiary/aromatic N) is 3. The van der Waals surface area contributed by atoms with Crippen LogP contribution in [0.4, 0.5) is 5.13 Å². The number of thioether (sulfide) groups is 1. The first kappa shape index (κ1) is 20.8. The predicted octanol–water partition coefficient (Wildman–Crippen LogP) is 6.45. The van der Waals surface area contributed by atoms with Crippen LogP contribution in [0.5, 0.6) is 0 Å². The van der Waals surface area contributed by atoms with Crippen LogP contribution < -0.4 is 4.90 Å². The molecule has 4 aromatic rings. The minimum atomic E-state index is 0.0673. The third kappa shape index (κ3) is 5.39. The summed E-state index contributed by atoms with van der Waals surface area (Å²) in [5.41, 5.74) is 1.82. The van der Waals surface area contributed by atoms with Gasteiger partial charge < -0.3 is 0 Å². The average Bonchev–Trinajstić information content (AvgIpc) is 3.19. The molecule has 0 aliphatic heterocycles. The van der Waals surface area contributed by atoms with Gasteiger partial charge in [0.25, 0.3) is 0 Å². The Balaban J connectivity index is 1.48. The summed E-state index contributed by atoms with van der Waals surface area (Å²) in [6.45, 7) is 0.450. The molecule has 2 heterocycles. The topological polar surface area (TPSA) is 46.1 Å². The van der Waals surface area contributed by atoms with Gasteiger partial charge in [-0.2, -0.15) is 0 Å². The number of benzene rings is 2. The van der Waals surface area contributed by atoms with Gasteiger partial charge in [0, 0.05) is 28.7 Å². The quantitative estimate of drug-likeness (QED) is 0.227. The van der Waals surface area contributed by atoms with E-state index in [1.54, 1.807) is 29.1 Å². The predicted molar refractivity (Wildman–Crippen MR) is 126 cm³/mol. The maximum absolute atomic E-state index is 13.1. The van der Waals surface area contributed by atoms with Crippen molar-refractivity contribution in [2.45, 2.75) is 24.3 Å². The number of carbonyl (C=O) groups is 1. The van der Waals surface area contributed by atoms with Crippen LogP contribution in [0.15, 0.2) is 78.0 Å². The van der Waals surface area contributed by atoms with Crippen LogP contribution >= 0.6 is 34.7 Å². The normalized spacial score (nSPS) is 11.0. The largest absolute Gasteiger partial charge is 0.284 e. The molecule has 4 rings (SSSR count). The van der Waals surface area contributed by atoms with Gasteiger partial charge in [-0.15, -0.1) is 11.8 Å². The van der Waals surface area contributed by atoms with E-state index in [-0.39, 0.29) is 5.91 Å². The number of fused-ring (bicyclic) bond motifs is 1. The molecule has 0 saturated heterocycles. The standard InChI is InChI=1S/C23H20ClN3OS2/c24-18-10-11-20-21(14-18)30-23(26-20)27(16-17-6-4-12-25-15-17)22(28)9-5-13-29-19-7-2-1-3-8-19/h1-4,6-8,10-12,14-15H,5,9,13,16H2. The number of rotatable bonds is 8. The monoisotopic (exact) mass is 453 g/mol. The summed E-state index contributed by atoms with van der Waals surface area (Å²) in [4.78, 5) is 25.0. The fourth-order valence-electron chi connectivity index (χ4n) is 3.00. The molecular weight excluding hydrogens is 434 g/mol. The number of aromatic nitrogens is 2. The Hall–Kier alpha value is -2.41. The van der Waals surface area contributed by atoms with E-state index in [2.05, 4.69) is 22.1 Å².